The first-order valence-electron chi connectivity index (χ1n) is 8.00. The Kier molecular flexibility index (Phi) is 4.73. The number of nitrogens with zero attached hydrogens (tertiary/aromatic N) is 2. The number of aromatic nitrogens is 2. The second-order valence-corrected chi connectivity index (χ2v) is 6.03. The van der Waals surface area contributed by atoms with Crippen LogP contribution in [-0.2, 0) is 0 Å². The molecule has 0 amide bonds. The van der Waals surface area contributed by atoms with Crippen LogP contribution >= 0.6 is 0 Å². The molecule has 22 heavy (non-hydrogen) atoms. The SMILES string of the molecule is COc1cccc(-c2noc(C(N)CC3CCCCC3)n2)c1. The highest BCUT2D eigenvalue weighted by Gasteiger charge is 2.22. The third-order valence-electron chi connectivity index (χ3n) is 4.40. The van der Waals surface area contributed by atoms with Gasteiger partial charge < -0.3 is 15.0 Å². The van der Waals surface area contributed by atoms with E-state index in [1.165, 1.54) is 32.1 Å². The summed E-state index contributed by atoms with van der Waals surface area (Å²) < 4.78 is 10.6. The Hall–Kier alpha value is -1.88. The van der Waals surface area contributed by atoms with Crippen molar-refractivity contribution in [3.8, 4) is 17.1 Å². The largest absolute Gasteiger partial charge is 0.497 e. The summed E-state index contributed by atoms with van der Waals surface area (Å²) in [5.74, 6) is 2.56. The van der Waals surface area contributed by atoms with Gasteiger partial charge in [-0.25, -0.2) is 0 Å². The normalized spacial score (nSPS) is 17.4. The molecule has 0 saturated heterocycles. The Morgan fingerprint density at radius 2 is 2.14 bits per heavy atom. The van der Waals surface area contributed by atoms with Crippen LogP contribution in [0.4, 0.5) is 0 Å². The van der Waals surface area contributed by atoms with Crippen molar-refractivity contribution < 1.29 is 9.26 Å². The summed E-state index contributed by atoms with van der Waals surface area (Å²) in [7, 11) is 1.64. The van der Waals surface area contributed by atoms with E-state index in [0.717, 1.165) is 17.7 Å². The van der Waals surface area contributed by atoms with Crippen LogP contribution in [0, 0.1) is 5.92 Å². The number of methoxy groups -OCH3 is 1. The lowest BCUT2D eigenvalue weighted by atomic mass is 9.85. The first-order chi connectivity index (χ1) is 10.8. The van der Waals surface area contributed by atoms with Crippen molar-refractivity contribution in [2.24, 2.45) is 11.7 Å². The van der Waals surface area contributed by atoms with Gasteiger partial charge in [-0.1, -0.05) is 49.4 Å². The lowest BCUT2D eigenvalue weighted by molar-refractivity contribution is 0.284. The lowest BCUT2D eigenvalue weighted by Gasteiger charge is -2.22. The van der Waals surface area contributed by atoms with Crippen LogP contribution in [0.15, 0.2) is 28.8 Å². The summed E-state index contributed by atoms with van der Waals surface area (Å²) >= 11 is 0. The fraction of sp³-hybridized carbons (Fsp3) is 0.529. The van der Waals surface area contributed by atoms with E-state index in [-0.39, 0.29) is 6.04 Å². The Bertz CT molecular complexity index is 605. The van der Waals surface area contributed by atoms with E-state index >= 15 is 0 Å². The minimum absolute atomic E-state index is 0.171. The molecule has 5 nitrogen and oxygen atoms in total. The smallest absolute Gasteiger partial charge is 0.243 e. The van der Waals surface area contributed by atoms with Gasteiger partial charge in [-0.15, -0.1) is 0 Å². The summed E-state index contributed by atoms with van der Waals surface area (Å²) in [5, 5.41) is 4.05. The highest BCUT2D eigenvalue weighted by molar-refractivity contribution is 5.56. The van der Waals surface area contributed by atoms with Crippen LogP contribution in [0.1, 0.15) is 50.5 Å². The summed E-state index contributed by atoms with van der Waals surface area (Å²) in [5.41, 5.74) is 7.13. The van der Waals surface area contributed by atoms with Gasteiger partial charge >= 0.3 is 0 Å². The molecule has 0 radical (unpaired) electrons. The fourth-order valence-electron chi connectivity index (χ4n) is 3.15. The monoisotopic (exact) mass is 301 g/mol. The van der Waals surface area contributed by atoms with Crippen LogP contribution in [0.25, 0.3) is 11.4 Å². The molecule has 0 aliphatic heterocycles. The molecule has 1 unspecified atom stereocenters. The van der Waals surface area contributed by atoms with Crippen molar-refractivity contribution >= 4 is 0 Å². The van der Waals surface area contributed by atoms with Crippen LogP contribution in [0.3, 0.4) is 0 Å². The van der Waals surface area contributed by atoms with Crippen LogP contribution in [0.2, 0.25) is 0 Å². The van der Waals surface area contributed by atoms with Gasteiger partial charge in [0.1, 0.15) is 5.75 Å². The van der Waals surface area contributed by atoms with Gasteiger partial charge in [0.05, 0.1) is 13.2 Å². The number of hydrogen-bond acceptors (Lipinski definition) is 5. The van der Waals surface area contributed by atoms with Crippen LogP contribution in [0.5, 0.6) is 5.75 Å². The minimum atomic E-state index is -0.171. The Balaban J connectivity index is 1.69. The maximum Gasteiger partial charge on any atom is 0.243 e. The fourth-order valence-corrected chi connectivity index (χ4v) is 3.15. The quantitative estimate of drug-likeness (QED) is 0.911. The van der Waals surface area contributed by atoms with Crippen molar-refractivity contribution in [1.29, 1.82) is 0 Å². The number of benzene rings is 1. The molecule has 2 N–H and O–H groups in total. The van der Waals surface area contributed by atoms with E-state index in [1.807, 2.05) is 24.3 Å². The number of nitrogens with two attached hydrogens (primary N) is 1. The second kappa shape index (κ2) is 6.92. The predicted molar refractivity (Wildman–Crippen MR) is 84.4 cm³/mol. The Morgan fingerprint density at radius 3 is 2.91 bits per heavy atom. The molecule has 1 fully saturated rings. The van der Waals surface area contributed by atoms with E-state index < -0.39 is 0 Å². The molecular weight excluding hydrogens is 278 g/mol. The third-order valence-corrected chi connectivity index (χ3v) is 4.40. The molecule has 1 aliphatic carbocycles. The summed E-state index contributed by atoms with van der Waals surface area (Å²) in [6.45, 7) is 0. The topological polar surface area (TPSA) is 74.2 Å². The predicted octanol–water partition coefficient (Wildman–Crippen LogP) is 3.72. The Morgan fingerprint density at radius 1 is 1.32 bits per heavy atom. The van der Waals surface area contributed by atoms with Crippen LogP contribution < -0.4 is 10.5 Å². The van der Waals surface area contributed by atoms with Crippen molar-refractivity contribution in [2.75, 3.05) is 7.11 Å². The van der Waals surface area contributed by atoms with Crippen LogP contribution in [-0.4, -0.2) is 17.3 Å². The van der Waals surface area contributed by atoms with Crippen molar-refractivity contribution in [2.45, 2.75) is 44.6 Å². The Labute approximate surface area is 130 Å². The molecule has 0 bridgehead atoms. The molecule has 0 spiro atoms. The molecule has 118 valence electrons. The standard InChI is InChI=1S/C17H23N3O2/c1-21-14-9-5-8-13(11-14)16-19-17(22-20-16)15(18)10-12-6-3-2-4-7-12/h5,8-9,11-12,15H,2-4,6-7,10,18H2,1H3. The van der Waals surface area contributed by atoms with Gasteiger partial charge in [-0.2, -0.15) is 4.98 Å². The van der Waals surface area contributed by atoms with Gasteiger partial charge in [0.2, 0.25) is 11.7 Å². The lowest BCUT2D eigenvalue weighted by Crippen LogP contribution is -2.17. The third kappa shape index (κ3) is 3.47. The highest BCUT2D eigenvalue weighted by atomic mass is 16.5. The molecule has 2 aromatic rings. The second-order valence-electron chi connectivity index (χ2n) is 6.03. The summed E-state index contributed by atoms with van der Waals surface area (Å²) in [4.78, 5) is 4.46. The highest BCUT2D eigenvalue weighted by Crippen LogP contribution is 2.31. The van der Waals surface area contributed by atoms with Gasteiger partial charge in [0, 0.05) is 5.56 Å². The molecule has 5 heteroatoms. The van der Waals surface area contributed by atoms with Gasteiger partial charge in [-0.05, 0) is 24.5 Å². The zero-order valence-electron chi connectivity index (χ0n) is 13.0. The molecule has 1 aromatic carbocycles. The number of rotatable bonds is 5. The molecule has 3 rings (SSSR count). The molecule has 1 saturated carbocycles. The average molecular weight is 301 g/mol. The molecule has 1 heterocycles. The van der Waals surface area contributed by atoms with E-state index in [2.05, 4.69) is 10.1 Å². The van der Waals surface area contributed by atoms with Crippen molar-refractivity contribution in [1.82, 2.24) is 10.1 Å². The van der Waals surface area contributed by atoms with Crippen molar-refractivity contribution in [3.05, 3.63) is 30.2 Å². The molecule has 1 aliphatic rings. The van der Waals surface area contributed by atoms with Gasteiger partial charge in [0.25, 0.3) is 0 Å². The number of ether oxygens (including phenoxy) is 1. The van der Waals surface area contributed by atoms with E-state index in [9.17, 15) is 0 Å². The maximum absolute atomic E-state index is 6.25. The van der Waals surface area contributed by atoms with Gasteiger partial charge in [0.15, 0.2) is 0 Å². The first-order valence-corrected chi connectivity index (χ1v) is 8.00. The van der Waals surface area contributed by atoms with E-state index in [4.69, 9.17) is 15.0 Å². The summed E-state index contributed by atoms with van der Waals surface area (Å²) in [6.07, 6.45) is 7.45. The molecule has 1 atom stereocenters. The molecular formula is C17H23N3O2. The zero-order chi connectivity index (χ0) is 15.4. The summed E-state index contributed by atoms with van der Waals surface area (Å²) in [6, 6.07) is 7.45. The minimum Gasteiger partial charge on any atom is -0.497 e. The van der Waals surface area contributed by atoms with Crippen molar-refractivity contribution in [3.63, 3.8) is 0 Å². The average Bonchev–Trinajstić information content (AvgIpc) is 3.06. The zero-order valence-corrected chi connectivity index (χ0v) is 13.0. The first kappa shape index (κ1) is 15.0. The van der Waals surface area contributed by atoms with Gasteiger partial charge in [-0.3, -0.25) is 0 Å². The van der Waals surface area contributed by atoms with E-state index in [0.29, 0.717) is 17.6 Å². The molecule has 1 aromatic heterocycles. The maximum atomic E-state index is 6.25. The number of hydrogen-bond donors (Lipinski definition) is 1. The van der Waals surface area contributed by atoms with E-state index in [1.54, 1.807) is 7.11 Å².